The number of rotatable bonds is 5. The number of furan rings is 1. The Morgan fingerprint density at radius 2 is 1.77 bits per heavy atom. The van der Waals surface area contributed by atoms with Crippen molar-refractivity contribution in [1.29, 1.82) is 0 Å². The fourth-order valence-corrected chi connectivity index (χ4v) is 4.63. The van der Waals surface area contributed by atoms with Crippen molar-refractivity contribution in [1.82, 2.24) is 24.6 Å². The van der Waals surface area contributed by atoms with Gasteiger partial charge in [-0.2, -0.15) is 0 Å². The second-order valence-electron chi connectivity index (χ2n) is 7.56. The zero-order valence-corrected chi connectivity index (χ0v) is 18.6. The summed E-state index contributed by atoms with van der Waals surface area (Å²) in [5, 5.41) is 8.88. The molecule has 9 heteroatoms. The van der Waals surface area contributed by atoms with E-state index in [9.17, 15) is 9.59 Å². The van der Waals surface area contributed by atoms with E-state index in [0.717, 1.165) is 17.1 Å². The first-order valence-corrected chi connectivity index (χ1v) is 11.1. The molecule has 1 aliphatic heterocycles. The lowest BCUT2D eigenvalue weighted by atomic mass is 10.2. The Morgan fingerprint density at radius 3 is 2.45 bits per heavy atom. The van der Waals surface area contributed by atoms with Crippen LogP contribution in [0.1, 0.15) is 28.9 Å². The number of aromatic nitrogens is 3. The van der Waals surface area contributed by atoms with Crippen LogP contribution in [0.15, 0.2) is 52.2 Å². The first kappa shape index (κ1) is 21.2. The van der Waals surface area contributed by atoms with Crippen LogP contribution < -0.4 is 0 Å². The largest absolute Gasteiger partial charge is 0.459 e. The summed E-state index contributed by atoms with van der Waals surface area (Å²) in [4.78, 5) is 29.0. The quantitative estimate of drug-likeness (QED) is 0.569. The van der Waals surface area contributed by atoms with Crippen molar-refractivity contribution in [3.63, 3.8) is 0 Å². The molecule has 2 amide bonds. The summed E-state index contributed by atoms with van der Waals surface area (Å²) in [6.45, 7) is 7.81. The summed E-state index contributed by atoms with van der Waals surface area (Å²) in [6.07, 6.45) is 1.49. The Bertz CT molecular complexity index is 1070. The highest BCUT2D eigenvalue weighted by Gasteiger charge is 2.29. The van der Waals surface area contributed by atoms with Gasteiger partial charge >= 0.3 is 0 Å². The maximum Gasteiger partial charge on any atom is 0.289 e. The van der Waals surface area contributed by atoms with Gasteiger partial charge in [0.25, 0.3) is 5.91 Å². The van der Waals surface area contributed by atoms with E-state index in [2.05, 4.69) is 16.3 Å². The van der Waals surface area contributed by atoms with Crippen molar-refractivity contribution in [2.45, 2.75) is 31.2 Å². The molecule has 162 valence electrons. The summed E-state index contributed by atoms with van der Waals surface area (Å²) < 4.78 is 7.17. The van der Waals surface area contributed by atoms with E-state index >= 15 is 0 Å². The van der Waals surface area contributed by atoms with Crippen molar-refractivity contribution in [3.8, 4) is 5.69 Å². The Kier molecular flexibility index (Phi) is 6.13. The number of thioether (sulfide) groups is 1. The molecule has 3 aromatic rings. The highest BCUT2D eigenvalue weighted by molar-refractivity contribution is 8.00. The molecule has 1 aromatic carbocycles. The monoisotopic (exact) mass is 439 g/mol. The second kappa shape index (κ2) is 8.97. The standard InChI is InChI=1S/C22H25N5O3S/c1-15-6-4-7-18(14-15)27-17(3)23-24-22(27)31-16(2)20(28)25-9-11-26(12-10-25)21(29)19-8-5-13-30-19/h4-8,13-14,16H,9-12H2,1-3H3/t16-/m0/s1. The molecule has 31 heavy (non-hydrogen) atoms. The zero-order chi connectivity index (χ0) is 22.0. The van der Waals surface area contributed by atoms with E-state index < -0.39 is 0 Å². The minimum absolute atomic E-state index is 0.0338. The van der Waals surface area contributed by atoms with Crippen LogP contribution >= 0.6 is 11.8 Å². The van der Waals surface area contributed by atoms with Crippen LogP contribution in [0, 0.1) is 13.8 Å². The van der Waals surface area contributed by atoms with Gasteiger partial charge in [0.05, 0.1) is 11.5 Å². The predicted molar refractivity (Wildman–Crippen MR) is 117 cm³/mol. The Balaban J connectivity index is 1.39. The lowest BCUT2D eigenvalue weighted by molar-refractivity contribution is -0.131. The van der Waals surface area contributed by atoms with Crippen LogP contribution in [0.3, 0.4) is 0 Å². The third kappa shape index (κ3) is 4.51. The van der Waals surface area contributed by atoms with Crippen molar-refractivity contribution >= 4 is 23.6 Å². The summed E-state index contributed by atoms with van der Waals surface area (Å²) in [6, 6.07) is 11.5. The number of amides is 2. The van der Waals surface area contributed by atoms with Crippen molar-refractivity contribution < 1.29 is 14.0 Å². The number of piperazine rings is 1. The Morgan fingerprint density at radius 1 is 1.03 bits per heavy atom. The molecule has 1 fully saturated rings. The van der Waals surface area contributed by atoms with E-state index in [1.54, 1.807) is 17.0 Å². The first-order chi connectivity index (χ1) is 14.9. The van der Waals surface area contributed by atoms with Crippen LogP contribution in [-0.4, -0.2) is 67.8 Å². The van der Waals surface area contributed by atoms with Gasteiger partial charge in [-0.25, -0.2) is 0 Å². The third-order valence-corrected chi connectivity index (χ3v) is 6.33. The lowest BCUT2D eigenvalue weighted by Crippen LogP contribution is -2.52. The second-order valence-corrected chi connectivity index (χ2v) is 8.87. The van der Waals surface area contributed by atoms with E-state index in [1.165, 1.54) is 18.0 Å². The molecule has 0 radical (unpaired) electrons. The molecule has 8 nitrogen and oxygen atoms in total. The molecule has 1 atom stereocenters. The van der Waals surface area contributed by atoms with Crippen LogP contribution in [0.25, 0.3) is 5.69 Å². The van der Waals surface area contributed by atoms with Crippen LogP contribution in [0.2, 0.25) is 0 Å². The number of aryl methyl sites for hydroxylation is 2. The topological polar surface area (TPSA) is 84.5 Å². The molecule has 0 N–H and O–H groups in total. The summed E-state index contributed by atoms with van der Waals surface area (Å²) in [7, 11) is 0. The smallest absolute Gasteiger partial charge is 0.289 e. The highest BCUT2D eigenvalue weighted by atomic mass is 32.2. The molecule has 1 saturated heterocycles. The SMILES string of the molecule is Cc1cccc(-n2c(C)nnc2S[C@@H](C)C(=O)N2CCN(C(=O)c3ccco3)CC2)c1. The number of carbonyl (C=O) groups excluding carboxylic acids is 2. The van der Waals surface area contributed by atoms with Gasteiger partial charge in [-0.05, 0) is 50.6 Å². The molecule has 1 aliphatic rings. The first-order valence-electron chi connectivity index (χ1n) is 10.2. The van der Waals surface area contributed by atoms with Gasteiger partial charge in [-0.15, -0.1) is 10.2 Å². The Hall–Kier alpha value is -3.07. The van der Waals surface area contributed by atoms with Gasteiger partial charge in [-0.3, -0.25) is 14.2 Å². The molecular weight excluding hydrogens is 414 g/mol. The van der Waals surface area contributed by atoms with E-state index in [1.807, 2.05) is 48.4 Å². The number of hydrogen-bond donors (Lipinski definition) is 0. The van der Waals surface area contributed by atoms with Gasteiger partial charge in [0.1, 0.15) is 5.82 Å². The molecule has 0 bridgehead atoms. The summed E-state index contributed by atoms with van der Waals surface area (Å²) >= 11 is 1.40. The summed E-state index contributed by atoms with van der Waals surface area (Å²) in [5.74, 6) is 1.00. The molecule has 0 saturated carbocycles. The van der Waals surface area contributed by atoms with Crippen LogP contribution in [-0.2, 0) is 4.79 Å². The molecular formula is C22H25N5O3S. The minimum atomic E-state index is -0.320. The number of benzene rings is 1. The maximum atomic E-state index is 13.0. The average Bonchev–Trinajstić information content (AvgIpc) is 3.43. The van der Waals surface area contributed by atoms with Crippen LogP contribution in [0.4, 0.5) is 0 Å². The van der Waals surface area contributed by atoms with Gasteiger partial charge < -0.3 is 14.2 Å². The van der Waals surface area contributed by atoms with E-state index in [0.29, 0.717) is 37.1 Å². The Labute approximate surface area is 185 Å². The van der Waals surface area contributed by atoms with Crippen molar-refractivity contribution in [3.05, 3.63) is 59.8 Å². The highest BCUT2D eigenvalue weighted by Crippen LogP contribution is 2.27. The van der Waals surface area contributed by atoms with Gasteiger partial charge in [0.2, 0.25) is 5.91 Å². The fraction of sp³-hybridized carbons (Fsp3) is 0.364. The molecule has 4 rings (SSSR count). The third-order valence-electron chi connectivity index (χ3n) is 5.30. The van der Waals surface area contributed by atoms with Crippen molar-refractivity contribution in [2.24, 2.45) is 0 Å². The number of hydrogen-bond acceptors (Lipinski definition) is 6. The number of carbonyl (C=O) groups is 2. The van der Waals surface area contributed by atoms with Crippen LogP contribution in [0.5, 0.6) is 0 Å². The maximum absolute atomic E-state index is 13.0. The molecule has 3 heterocycles. The minimum Gasteiger partial charge on any atom is -0.459 e. The van der Waals surface area contributed by atoms with Crippen molar-refractivity contribution in [2.75, 3.05) is 26.2 Å². The molecule has 0 aliphatic carbocycles. The zero-order valence-electron chi connectivity index (χ0n) is 17.8. The van der Waals surface area contributed by atoms with Gasteiger partial charge in [-0.1, -0.05) is 23.9 Å². The normalized spacial score (nSPS) is 15.2. The van der Waals surface area contributed by atoms with Gasteiger partial charge in [0.15, 0.2) is 10.9 Å². The van der Waals surface area contributed by atoms with Gasteiger partial charge in [0, 0.05) is 31.9 Å². The molecule has 2 aromatic heterocycles. The fourth-order valence-electron chi connectivity index (χ4n) is 3.64. The number of nitrogens with zero attached hydrogens (tertiary/aromatic N) is 5. The average molecular weight is 440 g/mol. The predicted octanol–water partition coefficient (Wildman–Crippen LogP) is 2.94. The molecule has 0 spiro atoms. The lowest BCUT2D eigenvalue weighted by Gasteiger charge is -2.35. The summed E-state index contributed by atoms with van der Waals surface area (Å²) in [5.41, 5.74) is 2.13. The molecule has 0 unspecified atom stereocenters. The van der Waals surface area contributed by atoms with E-state index in [4.69, 9.17) is 4.42 Å². The van der Waals surface area contributed by atoms with E-state index in [-0.39, 0.29) is 17.1 Å².